The fourth-order valence-electron chi connectivity index (χ4n) is 4.52. The van der Waals surface area contributed by atoms with Crippen molar-refractivity contribution in [3.05, 3.63) is 56.0 Å². The molecular formula is C29H33IN2O5S. The molecule has 0 aromatic heterocycles. The minimum atomic E-state index is -0.437. The molecule has 0 unspecified atom stereocenters. The molecule has 2 fully saturated rings. The number of thioether (sulfide) groups is 1. The first kappa shape index (κ1) is 28.5. The first-order valence-corrected chi connectivity index (χ1v) is 14.9. The minimum absolute atomic E-state index is 0.0108. The summed E-state index contributed by atoms with van der Waals surface area (Å²) in [5.74, 6) is 0.554. The van der Waals surface area contributed by atoms with Crippen LogP contribution in [0.2, 0.25) is 0 Å². The highest BCUT2D eigenvalue weighted by molar-refractivity contribution is 14.1. The van der Waals surface area contributed by atoms with E-state index in [9.17, 15) is 9.59 Å². The molecule has 7 nitrogen and oxygen atoms in total. The van der Waals surface area contributed by atoms with Gasteiger partial charge in [0, 0.05) is 6.04 Å². The summed E-state index contributed by atoms with van der Waals surface area (Å²) in [5.41, 5.74) is 2.82. The van der Waals surface area contributed by atoms with Crippen molar-refractivity contribution >= 4 is 63.2 Å². The number of rotatable bonds is 9. The SMILES string of the molecule is CCOC(=O)COc1c(I)cc(/C=C2/SC(=Nc3ccc(C)cc3)N(C3CCCCC3)C2=O)cc1OCC. The van der Waals surface area contributed by atoms with Crippen LogP contribution in [0.3, 0.4) is 0 Å². The van der Waals surface area contributed by atoms with E-state index in [0.717, 1.165) is 45.7 Å². The maximum absolute atomic E-state index is 13.7. The van der Waals surface area contributed by atoms with Gasteiger partial charge in [0.15, 0.2) is 23.3 Å². The fourth-order valence-corrected chi connectivity index (χ4v) is 6.35. The van der Waals surface area contributed by atoms with Crippen LogP contribution in [-0.4, -0.2) is 47.8 Å². The van der Waals surface area contributed by atoms with Crippen LogP contribution in [0.15, 0.2) is 46.3 Å². The van der Waals surface area contributed by atoms with Crippen molar-refractivity contribution in [2.24, 2.45) is 4.99 Å². The van der Waals surface area contributed by atoms with Gasteiger partial charge in [-0.25, -0.2) is 9.79 Å². The number of aryl methyl sites for hydroxylation is 1. The largest absolute Gasteiger partial charge is 0.490 e. The fraction of sp³-hybridized carbons (Fsp3) is 0.414. The summed E-state index contributed by atoms with van der Waals surface area (Å²) in [7, 11) is 0. The third-order valence-electron chi connectivity index (χ3n) is 6.30. The predicted molar refractivity (Wildman–Crippen MR) is 160 cm³/mol. The zero-order valence-corrected chi connectivity index (χ0v) is 25.0. The average molecular weight is 649 g/mol. The van der Waals surface area contributed by atoms with E-state index in [4.69, 9.17) is 19.2 Å². The number of hydrogen-bond donors (Lipinski definition) is 0. The molecule has 2 aromatic carbocycles. The Morgan fingerprint density at radius 2 is 1.84 bits per heavy atom. The average Bonchev–Trinajstić information content (AvgIpc) is 3.19. The lowest BCUT2D eigenvalue weighted by atomic mass is 9.94. The summed E-state index contributed by atoms with van der Waals surface area (Å²) < 4.78 is 17.3. The van der Waals surface area contributed by atoms with Crippen molar-refractivity contribution in [1.82, 2.24) is 4.90 Å². The second kappa shape index (κ2) is 13.5. The maximum Gasteiger partial charge on any atom is 0.344 e. The van der Waals surface area contributed by atoms with Crippen molar-refractivity contribution in [2.45, 2.75) is 58.9 Å². The molecule has 2 aromatic rings. The molecule has 0 atom stereocenters. The van der Waals surface area contributed by atoms with Gasteiger partial charge in [0.05, 0.1) is 27.4 Å². The number of carbonyl (C=O) groups is 2. The quantitative estimate of drug-likeness (QED) is 0.168. The topological polar surface area (TPSA) is 77.4 Å². The molecule has 1 aliphatic heterocycles. The number of hydrogen-bond acceptors (Lipinski definition) is 7. The third kappa shape index (κ3) is 7.11. The molecule has 0 bridgehead atoms. The molecule has 1 saturated carbocycles. The third-order valence-corrected chi connectivity index (χ3v) is 8.09. The van der Waals surface area contributed by atoms with E-state index >= 15 is 0 Å². The first-order valence-electron chi connectivity index (χ1n) is 13.0. The van der Waals surface area contributed by atoms with Crippen molar-refractivity contribution in [2.75, 3.05) is 19.8 Å². The van der Waals surface area contributed by atoms with Crippen LogP contribution in [0.5, 0.6) is 11.5 Å². The summed E-state index contributed by atoms with van der Waals surface area (Å²) in [6.45, 7) is 6.22. The number of halogens is 1. The molecule has 38 heavy (non-hydrogen) atoms. The van der Waals surface area contributed by atoms with E-state index in [1.807, 2.05) is 61.2 Å². The van der Waals surface area contributed by atoms with Gasteiger partial charge in [0.1, 0.15) is 0 Å². The van der Waals surface area contributed by atoms with Gasteiger partial charge in [0.25, 0.3) is 5.91 Å². The van der Waals surface area contributed by atoms with Crippen molar-refractivity contribution < 1.29 is 23.8 Å². The second-order valence-corrected chi connectivity index (χ2v) is 11.3. The number of aliphatic imine (C=N–C) groups is 1. The van der Waals surface area contributed by atoms with E-state index < -0.39 is 5.97 Å². The highest BCUT2D eigenvalue weighted by atomic mass is 127. The van der Waals surface area contributed by atoms with Crippen molar-refractivity contribution in [3.8, 4) is 11.5 Å². The smallest absolute Gasteiger partial charge is 0.344 e. The molecule has 0 N–H and O–H groups in total. The van der Waals surface area contributed by atoms with Gasteiger partial charge in [-0.3, -0.25) is 9.69 Å². The van der Waals surface area contributed by atoms with E-state index in [1.165, 1.54) is 23.7 Å². The number of nitrogens with zero attached hydrogens (tertiary/aromatic N) is 2. The Balaban J connectivity index is 1.65. The number of amides is 1. The summed E-state index contributed by atoms with van der Waals surface area (Å²) in [5, 5.41) is 0.728. The Morgan fingerprint density at radius 3 is 2.53 bits per heavy atom. The highest BCUT2D eigenvalue weighted by Crippen LogP contribution is 2.40. The molecular weight excluding hydrogens is 615 g/mol. The lowest BCUT2D eigenvalue weighted by molar-refractivity contribution is -0.145. The zero-order valence-electron chi connectivity index (χ0n) is 22.0. The van der Waals surface area contributed by atoms with Gasteiger partial charge in [-0.05, 0) is 104 Å². The Bertz CT molecular complexity index is 1220. The monoisotopic (exact) mass is 648 g/mol. The maximum atomic E-state index is 13.7. The van der Waals surface area contributed by atoms with Crippen molar-refractivity contribution in [3.63, 3.8) is 0 Å². The van der Waals surface area contributed by atoms with Crippen molar-refractivity contribution in [1.29, 1.82) is 0 Å². The van der Waals surface area contributed by atoms with Gasteiger partial charge in [-0.1, -0.05) is 37.0 Å². The number of benzene rings is 2. The molecule has 0 radical (unpaired) electrons. The molecule has 1 saturated heterocycles. The van der Waals surface area contributed by atoms with Crippen LogP contribution in [0.25, 0.3) is 6.08 Å². The summed E-state index contributed by atoms with van der Waals surface area (Å²) in [6.07, 6.45) is 7.33. The number of esters is 1. The Labute approximate surface area is 242 Å². The standard InChI is InChI=1S/C29H33IN2O5S/c1-4-35-24-16-20(15-23(30)27(24)37-18-26(33)36-5-2)17-25-28(34)32(22-9-7-6-8-10-22)29(38-25)31-21-13-11-19(3)12-14-21/h11-17,22H,4-10,18H2,1-3H3/b25-17+,31-29?. The van der Waals surface area contributed by atoms with Crippen LogP contribution in [-0.2, 0) is 14.3 Å². The minimum Gasteiger partial charge on any atom is -0.490 e. The number of amidine groups is 1. The van der Waals surface area contributed by atoms with E-state index in [1.54, 1.807) is 6.92 Å². The summed E-state index contributed by atoms with van der Waals surface area (Å²) >= 11 is 3.58. The molecule has 0 spiro atoms. The van der Waals surface area contributed by atoms with Gasteiger partial charge in [-0.2, -0.15) is 0 Å². The molecule has 4 rings (SSSR count). The highest BCUT2D eigenvalue weighted by Gasteiger charge is 2.38. The lowest BCUT2D eigenvalue weighted by Crippen LogP contribution is -2.40. The molecule has 202 valence electrons. The normalized spacial score (nSPS) is 18.3. The lowest BCUT2D eigenvalue weighted by Gasteiger charge is -2.30. The first-order chi connectivity index (χ1) is 18.4. The van der Waals surface area contributed by atoms with E-state index in [2.05, 4.69) is 22.6 Å². The van der Waals surface area contributed by atoms with Gasteiger partial charge >= 0.3 is 5.97 Å². The number of ether oxygens (including phenoxy) is 3. The van der Waals surface area contributed by atoms with Gasteiger partial charge < -0.3 is 14.2 Å². The van der Waals surface area contributed by atoms with Crippen LogP contribution < -0.4 is 9.47 Å². The summed E-state index contributed by atoms with van der Waals surface area (Å²) in [4.78, 5) is 32.9. The van der Waals surface area contributed by atoms with Gasteiger partial charge in [-0.15, -0.1) is 0 Å². The van der Waals surface area contributed by atoms with E-state index in [-0.39, 0.29) is 18.6 Å². The molecule has 2 aliphatic rings. The van der Waals surface area contributed by atoms with Crippen LogP contribution >= 0.6 is 34.4 Å². The van der Waals surface area contributed by atoms with Crippen LogP contribution in [0.1, 0.15) is 57.1 Å². The Morgan fingerprint density at radius 1 is 1.11 bits per heavy atom. The van der Waals surface area contributed by atoms with Gasteiger partial charge in [0.2, 0.25) is 0 Å². The van der Waals surface area contributed by atoms with E-state index in [0.29, 0.717) is 29.6 Å². The Hall–Kier alpha value is -2.53. The number of carbonyl (C=O) groups excluding carboxylic acids is 2. The molecule has 1 amide bonds. The summed E-state index contributed by atoms with van der Waals surface area (Å²) in [6, 6.07) is 12.0. The predicted octanol–water partition coefficient (Wildman–Crippen LogP) is 6.88. The Kier molecular flexibility index (Phi) is 10.1. The second-order valence-electron chi connectivity index (χ2n) is 9.16. The molecule has 1 heterocycles. The molecule has 9 heteroatoms. The zero-order chi connectivity index (χ0) is 27.1. The molecule has 1 aliphatic carbocycles. The van der Waals surface area contributed by atoms with Crippen LogP contribution in [0, 0.1) is 10.5 Å². The van der Waals surface area contributed by atoms with Crippen LogP contribution in [0.4, 0.5) is 5.69 Å².